The monoisotopic (exact) mass is 286 g/mol. The molecule has 0 saturated heterocycles. The van der Waals surface area contributed by atoms with Crippen LogP contribution in [0.5, 0.6) is 0 Å². The van der Waals surface area contributed by atoms with Crippen LogP contribution in [0, 0.1) is 11.6 Å². The van der Waals surface area contributed by atoms with Crippen molar-refractivity contribution >= 4 is 5.69 Å². The number of anilines is 1. The molecule has 1 aromatic carbocycles. The van der Waals surface area contributed by atoms with Crippen LogP contribution in [0.3, 0.4) is 0 Å². The Hall–Kier alpha value is -1.20. The van der Waals surface area contributed by atoms with Gasteiger partial charge in [-0.2, -0.15) is 0 Å². The largest absolute Gasteiger partial charge is 0.385 e. The van der Waals surface area contributed by atoms with E-state index in [1.54, 1.807) is 19.1 Å². The molecule has 1 N–H and O–H groups in total. The summed E-state index contributed by atoms with van der Waals surface area (Å²) in [6, 6.07) is 2.79. The first-order valence-corrected chi connectivity index (χ1v) is 6.98. The van der Waals surface area contributed by atoms with E-state index in [1.807, 2.05) is 6.92 Å². The van der Waals surface area contributed by atoms with Crippen molar-refractivity contribution < 1.29 is 13.5 Å². The van der Waals surface area contributed by atoms with Gasteiger partial charge in [-0.1, -0.05) is 6.92 Å². The molecule has 0 fully saturated rings. The lowest BCUT2D eigenvalue weighted by Gasteiger charge is -2.21. The molecule has 0 unspecified atom stereocenters. The second-order valence-corrected chi connectivity index (χ2v) is 4.85. The van der Waals surface area contributed by atoms with Crippen LogP contribution in [0.4, 0.5) is 14.5 Å². The van der Waals surface area contributed by atoms with Crippen LogP contribution in [-0.4, -0.2) is 33.9 Å². The van der Waals surface area contributed by atoms with E-state index in [9.17, 15) is 8.78 Å². The molecule has 20 heavy (non-hydrogen) atoms. The van der Waals surface area contributed by atoms with Gasteiger partial charge in [0.15, 0.2) is 0 Å². The van der Waals surface area contributed by atoms with Gasteiger partial charge in [0, 0.05) is 33.9 Å². The van der Waals surface area contributed by atoms with Crippen LogP contribution < -0.4 is 10.2 Å². The number of methoxy groups -OCH3 is 1. The Morgan fingerprint density at radius 2 is 1.90 bits per heavy atom. The van der Waals surface area contributed by atoms with Crippen molar-refractivity contribution in [1.29, 1.82) is 0 Å². The third-order valence-corrected chi connectivity index (χ3v) is 3.06. The van der Waals surface area contributed by atoms with E-state index in [0.29, 0.717) is 25.3 Å². The standard InChI is InChI=1S/C15H24F2N2O/c1-4-6-18-11-12-9-13(16)15(14(17)10-12)19(2)7-5-8-20-3/h9-10,18H,4-8,11H2,1-3H3. The molecule has 0 radical (unpaired) electrons. The van der Waals surface area contributed by atoms with Crippen molar-refractivity contribution in [2.45, 2.75) is 26.3 Å². The van der Waals surface area contributed by atoms with Gasteiger partial charge in [-0.3, -0.25) is 0 Å². The summed E-state index contributed by atoms with van der Waals surface area (Å²) in [5, 5.41) is 3.13. The number of halogens is 2. The SMILES string of the molecule is CCCNCc1cc(F)c(N(C)CCCOC)c(F)c1. The van der Waals surface area contributed by atoms with E-state index in [-0.39, 0.29) is 5.69 Å². The third kappa shape index (κ3) is 5.06. The lowest BCUT2D eigenvalue weighted by atomic mass is 10.1. The van der Waals surface area contributed by atoms with Crippen LogP contribution in [-0.2, 0) is 11.3 Å². The minimum absolute atomic E-state index is 0.0281. The Bertz CT molecular complexity index is 390. The summed E-state index contributed by atoms with van der Waals surface area (Å²) >= 11 is 0. The first-order valence-electron chi connectivity index (χ1n) is 6.98. The first kappa shape index (κ1) is 16.9. The van der Waals surface area contributed by atoms with E-state index in [4.69, 9.17) is 4.74 Å². The molecule has 0 aliphatic heterocycles. The number of hydrogen-bond donors (Lipinski definition) is 1. The Morgan fingerprint density at radius 3 is 2.45 bits per heavy atom. The number of rotatable bonds is 9. The van der Waals surface area contributed by atoms with E-state index in [0.717, 1.165) is 19.4 Å². The molecule has 0 heterocycles. The second kappa shape index (κ2) is 8.87. The van der Waals surface area contributed by atoms with E-state index >= 15 is 0 Å². The summed E-state index contributed by atoms with van der Waals surface area (Å²) in [5.74, 6) is -1.03. The van der Waals surface area contributed by atoms with E-state index in [2.05, 4.69) is 5.32 Å². The zero-order valence-electron chi connectivity index (χ0n) is 12.5. The van der Waals surface area contributed by atoms with Crippen LogP contribution in [0.2, 0.25) is 0 Å². The molecular formula is C15H24F2N2O. The number of nitrogens with one attached hydrogen (secondary N) is 1. The lowest BCUT2D eigenvalue weighted by Crippen LogP contribution is -2.22. The number of hydrogen-bond acceptors (Lipinski definition) is 3. The average Bonchev–Trinajstić information content (AvgIpc) is 2.38. The topological polar surface area (TPSA) is 24.5 Å². The number of ether oxygens (including phenoxy) is 1. The molecule has 1 rings (SSSR count). The van der Waals surface area contributed by atoms with Gasteiger partial charge >= 0.3 is 0 Å². The van der Waals surface area contributed by atoms with Gasteiger partial charge in [-0.05, 0) is 37.1 Å². The normalized spacial score (nSPS) is 10.8. The smallest absolute Gasteiger partial charge is 0.149 e. The molecule has 0 saturated carbocycles. The van der Waals surface area contributed by atoms with Gasteiger partial charge in [0.05, 0.1) is 0 Å². The Kier molecular flexibility index (Phi) is 7.47. The predicted molar refractivity (Wildman–Crippen MR) is 78.1 cm³/mol. The molecule has 0 aromatic heterocycles. The van der Waals surface area contributed by atoms with Crippen molar-refractivity contribution in [2.24, 2.45) is 0 Å². The summed E-state index contributed by atoms with van der Waals surface area (Å²) in [4.78, 5) is 1.59. The van der Waals surface area contributed by atoms with Gasteiger partial charge in [0.1, 0.15) is 17.3 Å². The molecule has 0 bridgehead atoms. The Morgan fingerprint density at radius 1 is 1.25 bits per heavy atom. The Labute approximate surface area is 119 Å². The highest BCUT2D eigenvalue weighted by molar-refractivity contribution is 5.50. The predicted octanol–water partition coefficient (Wildman–Crippen LogP) is 2.94. The highest BCUT2D eigenvalue weighted by Crippen LogP contribution is 2.24. The van der Waals surface area contributed by atoms with E-state index < -0.39 is 11.6 Å². The van der Waals surface area contributed by atoms with Gasteiger partial charge in [-0.25, -0.2) is 8.78 Å². The maximum absolute atomic E-state index is 14.0. The van der Waals surface area contributed by atoms with Crippen LogP contribution in [0.15, 0.2) is 12.1 Å². The van der Waals surface area contributed by atoms with Crippen molar-refractivity contribution in [3.8, 4) is 0 Å². The van der Waals surface area contributed by atoms with Crippen LogP contribution >= 0.6 is 0 Å². The summed E-state index contributed by atoms with van der Waals surface area (Å²) in [5.41, 5.74) is 0.655. The molecule has 0 spiro atoms. The minimum Gasteiger partial charge on any atom is -0.385 e. The summed E-state index contributed by atoms with van der Waals surface area (Å²) < 4.78 is 33.0. The summed E-state index contributed by atoms with van der Waals surface area (Å²) in [7, 11) is 3.30. The average molecular weight is 286 g/mol. The zero-order chi connectivity index (χ0) is 15.0. The fourth-order valence-corrected chi connectivity index (χ4v) is 2.05. The van der Waals surface area contributed by atoms with Crippen molar-refractivity contribution in [3.05, 3.63) is 29.3 Å². The second-order valence-electron chi connectivity index (χ2n) is 4.85. The fraction of sp³-hybridized carbons (Fsp3) is 0.600. The highest BCUT2D eigenvalue weighted by Gasteiger charge is 2.15. The number of benzene rings is 1. The van der Waals surface area contributed by atoms with Crippen LogP contribution in [0.25, 0.3) is 0 Å². The molecule has 1 aromatic rings. The molecule has 0 aliphatic rings. The van der Waals surface area contributed by atoms with Crippen molar-refractivity contribution in [3.63, 3.8) is 0 Å². The van der Waals surface area contributed by atoms with Crippen LogP contribution in [0.1, 0.15) is 25.3 Å². The molecule has 3 nitrogen and oxygen atoms in total. The molecular weight excluding hydrogens is 262 g/mol. The zero-order valence-corrected chi connectivity index (χ0v) is 12.5. The quantitative estimate of drug-likeness (QED) is 0.706. The third-order valence-electron chi connectivity index (χ3n) is 3.06. The molecule has 5 heteroatoms. The lowest BCUT2D eigenvalue weighted by molar-refractivity contribution is 0.196. The first-order chi connectivity index (χ1) is 9.60. The Balaban J connectivity index is 2.72. The fourth-order valence-electron chi connectivity index (χ4n) is 2.05. The summed E-state index contributed by atoms with van der Waals surface area (Å²) in [6.07, 6.45) is 1.72. The van der Waals surface area contributed by atoms with Crippen molar-refractivity contribution in [1.82, 2.24) is 5.32 Å². The molecule has 0 amide bonds. The number of nitrogens with zero attached hydrogens (tertiary/aromatic N) is 1. The van der Waals surface area contributed by atoms with Gasteiger partial charge in [0.25, 0.3) is 0 Å². The maximum atomic E-state index is 14.0. The van der Waals surface area contributed by atoms with Crippen molar-refractivity contribution in [2.75, 3.05) is 38.8 Å². The van der Waals surface area contributed by atoms with E-state index in [1.165, 1.54) is 12.1 Å². The minimum atomic E-state index is -0.516. The molecule has 114 valence electrons. The maximum Gasteiger partial charge on any atom is 0.149 e. The van der Waals surface area contributed by atoms with Gasteiger partial charge < -0.3 is 15.0 Å². The van der Waals surface area contributed by atoms with Gasteiger partial charge in [-0.15, -0.1) is 0 Å². The summed E-state index contributed by atoms with van der Waals surface area (Å²) in [6.45, 7) is 4.49. The molecule has 0 atom stereocenters. The highest BCUT2D eigenvalue weighted by atomic mass is 19.1. The molecule has 0 aliphatic carbocycles. The van der Waals surface area contributed by atoms with Gasteiger partial charge in [0.2, 0.25) is 0 Å².